The average molecular weight is 494 g/mol. The van der Waals surface area contributed by atoms with Gasteiger partial charge in [-0.1, -0.05) is 19.9 Å². The molecule has 1 N–H and O–H groups in total. The number of aromatic nitrogens is 1. The molecule has 182 valence electrons. The Hall–Kier alpha value is -3.43. The molecule has 8 nitrogen and oxygen atoms in total. The standard InChI is InChI=1S/C26H27N3O5S/c1-17(2)16-34-21-10-6-18(7-11-21)26(31)27-19-8-12-22(13-9-19)35(32,33)28-15-20-14-24(28)23-4-3-5-25(30)29(20)23/h3-13,17,20,24H,14-16H2,1-2H3,(H,27,31)/t20-,24+/m1/s1. The highest BCUT2D eigenvalue weighted by atomic mass is 32.2. The third-order valence-electron chi connectivity index (χ3n) is 6.38. The minimum Gasteiger partial charge on any atom is -0.493 e. The molecule has 0 unspecified atom stereocenters. The minimum atomic E-state index is -3.75. The summed E-state index contributed by atoms with van der Waals surface area (Å²) in [6, 6.07) is 17.6. The minimum absolute atomic E-state index is 0.0927. The number of carbonyl (C=O) groups excluding carboxylic acids is 1. The Labute approximate surface area is 204 Å². The maximum atomic E-state index is 13.3. The Morgan fingerprint density at radius 3 is 2.46 bits per heavy atom. The monoisotopic (exact) mass is 493 g/mol. The number of hydrogen-bond acceptors (Lipinski definition) is 5. The molecule has 0 radical (unpaired) electrons. The van der Waals surface area contributed by atoms with E-state index in [1.807, 2.05) is 6.07 Å². The highest BCUT2D eigenvalue weighted by molar-refractivity contribution is 7.89. The molecule has 9 heteroatoms. The summed E-state index contributed by atoms with van der Waals surface area (Å²) < 4.78 is 35.5. The second kappa shape index (κ2) is 8.98. The highest BCUT2D eigenvalue weighted by Crippen LogP contribution is 2.46. The SMILES string of the molecule is CC(C)COc1ccc(C(=O)Nc2ccc(S(=O)(=O)N3C[C@H]4C[C@H]3c3cccc(=O)n34)cc2)cc1. The number of sulfonamides is 1. The predicted octanol–water partition coefficient (Wildman–Crippen LogP) is 3.83. The van der Waals surface area contributed by atoms with Gasteiger partial charge in [0.1, 0.15) is 5.75 Å². The van der Waals surface area contributed by atoms with Crippen LogP contribution >= 0.6 is 0 Å². The molecular formula is C26H27N3O5S. The van der Waals surface area contributed by atoms with Crippen molar-refractivity contribution in [1.82, 2.24) is 8.87 Å². The molecule has 0 saturated carbocycles. The van der Waals surface area contributed by atoms with Gasteiger partial charge in [0.2, 0.25) is 10.0 Å². The van der Waals surface area contributed by atoms with E-state index in [2.05, 4.69) is 19.2 Å². The zero-order valence-corrected chi connectivity index (χ0v) is 20.4. The van der Waals surface area contributed by atoms with Gasteiger partial charge in [-0.3, -0.25) is 9.59 Å². The van der Waals surface area contributed by atoms with E-state index in [1.165, 1.54) is 22.5 Å². The van der Waals surface area contributed by atoms with Crippen LogP contribution in [0.15, 0.2) is 76.4 Å². The first-order valence-electron chi connectivity index (χ1n) is 11.6. The molecule has 35 heavy (non-hydrogen) atoms. The molecule has 2 bridgehead atoms. The fourth-order valence-corrected chi connectivity index (χ4v) is 6.35. The topological polar surface area (TPSA) is 97.7 Å². The van der Waals surface area contributed by atoms with Crippen molar-refractivity contribution in [3.05, 3.63) is 88.3 Å². The summed E-state index contributed by atoms with van der Waals surface area (Å²) in [5.74, 6) is 0.814. The second-order valence-corrected chi connectivity index (χ2v) is 11.2. The van der Waals surface area contributed by atoms with Crippen LogP contribution in [0.1, 0.15) is 48.4 Å². The first-order valence-corrected chi connectivity index (χ1v) is 13.1. The van der Waals surface area contributed by atoms with Gasteiger partial charge in [-0.05, 0) is 66.9 Å². The fraction of sp³-hybridized carbons (Fsp3) is 0.308. The number of rotatable bonds is 7. The second-order valence-electron chi connectivity index (χ2n) is 9.35. The number of benzene rings is 2. The lowest BCUT2D eigenvalue weighted by Crippen LogP contribution is -2.38. The quantitative estimate of drug-likeness (QED) is 0.540. The summed E-state index contributed by atoms with van der Waals surface area (Å²) in [6.07, 6.45) is 0.605. The van der Waals surface area contributed by atoms with Gasteiger partial charge >= 0.3 is 0 Å². The lowest BCUT2D eigenvalue weighted by molar-refractivity contribution is 0.102. The molecule has 1 amide bonds. The number of amides is 1. The zero-order chi connectivity index (χ0) is 24.7. The number of pyridine rings is 1. The van der Waals surface area contributed by atoms with Crippen LogP contribution in [0.25, 0.3) is 0 Å². The van der Waals surface area contributed by atoms with Gasteiger partial charge in [0.05, 0.1) is 23.6 Å². The first kappa shape index (κ1) is 23.3. The third-order valence-corrected chi connectivity index (χ3v) is 8.27. The summed E-state index contributed by atoms with van der Waals surface area (Å²) in [6.45, 7) is 5.01. The Kier molecular flexibility index (Phi) is 5.98. The molecule has 1 aromatic heterocycles. The van der Waals surface area contributed by atoms with Gasteiger partial charge in [-0.2, -0.15) is 4.31 Å². The van der Waals surface area contributed by atoms with Crippen molar-refractivity contribution >= 4 is 21.6 Å². The number of anilines is 1. The van der Waals surface area contributed by atoms with Gasteiger partial charge in [-0.25, -0.2) is 8.42 Å². The number of ether oxygens (including phenoxy) is 1. The third kappa shape index (κ3) is 4.37. The van der Waals surface area contributed by atoms with Crippen LogP contribution in [0.3, 0.4) is 0 Å². The van der Waals surface area contributed by atoms with Crippen molar-refractivity contribution in [2.75, 3.05) is 18.5 Å². The van der Waals surface area contributed by atoms with Crippen molar-refractivity contribution in [2.24, 2.45) is 5.92 Å². The predicted molar refractivity (Wildman–Crippen MR) is 132 cm³/mol. The Balaban J connectivity index is 1.27. The Morgan fingerprint density at radius 1 is 1.06 bits per heavy atom. The van der Waals surface area contributed by atoms with Gasteiger partial charge in [-0.15, -0.1) is 0 Å². The lowest BCUT2D eigenvalue weighted by atomic mass is 10.2. The molecule has 0 spiro atoms. The summed E-state index contributed by atoms with van der Waals surface area (Å²) in [7, 11) is -3.75. The van der Waals surface area contributed by atoms with Crippen LogP contribution in [0, 0.1) is 5.92 Å². The van der Waals surface area contributed by atoms with E-state index in [9.17, 15) is 18.0 Å². The largest absolute Gasteiger partial charge is 0.493 e. The van der Waals surface area contributed by atoms with Crippen molar-refractivity contribution in [2.45, 2.75) is 37.2 Å². The Bertz CT molecular complexity index is 1410. The molecule has 0 aliphatic carbocycles. The maximum Gasteiger partial charge on any atom is 0.255 e. The molecule has 1 saturated heterocycles. The number of nitrogens with one attached hydrogen (secondary N) is 1. The zero-order valence-electron chi connectivity index (χ0n) is 19.5. The maximum absolute atomic E-state index is 13.3. The van der Waals surface area contributed by atoms with Crippen LogP contribution in [-0.4, -0.2) is 36.3 Å². The van der Waals surface area contributed by atoms with E-state index < -0.39 is 10.0 Å². The molecule has 2 aromatic carbocycles. The van der Waals surface area contributed by atoms with Crippen molar-refractivity contribution < 1.29 is 17.9 Å². The summed E-state index contributed by atoms with van der Waals surface area (Å²) in [4.78, 5) is 24.9. The van der Waals surface area contributed by atoms with Gasteiger partial charge in [0.15, 0.2) is 0 Å². The van der Waals surface area contributed by atoms with E-state index in [-0.39, 0.29) is 35.0 Å². The van der Waals surface area contributed by atoms with Crippen LogP contribution in [0.2, 0.25) is 0 Å². The van der Waals surface area contributed by atoms with Gasteiger partial charge in [0, 0.05) is 29.6 Å². The highest BCUT2D eigenvalue weighted by Gasteiger charge is 2.48. The first-order chi connectivity index (χ1) is 16.7. The van der Waals surface area contributed by atoms with E-state index in [0.717, 1.165) is 5.69 Å². The molecule has 3 heterocycles. The number of hydrogen-bond donors (Lipinski definition) is 1. The fourth-order valence-electron chi connectivity index (χ4n) is 4.70. The van der Waals surface area contributed by atoms with Crippen LogP contribution in [0.5, 0.6) is 5.75 Å². The summed E-state index contributed by atoms with van der Waals surface area (Å²) in [5, 5.41) is 2.80. The normalized spacial score (nSPS) is 19.1. The molecule has 2 aliphatic heterocycles. The number of fused-ring (bicyclic) bond motifs is 5. The smallest absolute Gasteiger partial charge is 0.255 e. The summed E-state index contributed by atoms with van der Waals surface area (Å²) >= 11 is 0. The average Bonchev–Trinajstić information content (AvgIpc) is 3.44. The molecule has 2 aliphatic rings. The number of carbonyl (C=O) groups is 1. The molecule has 2 atom stereocenters. The van der Waals surface area contributed by atoms with Crippen LogP contribution in [-0.2, 0) is 10.0 Å². The number of nitrogens with zero attached hydrogens (tertiary/aromatic N) is 2. The van der Waals surface area contributed by atoms with Crippen molar-refractivity contribution in [3.63, 3.8) is 0 Å². The van der Waals surface area contributed by atoms with E-state index >= 15 is 0 Å². The van der Waals surface area contributed by atoms with Crippen LogP contribution < -0.4 is 15.6 Å². The van der Waals surface area contributed by atoms with E-state index in [0.29, 0.717) is 35.9 Å². The molecule has 5 rings (SSSR count). The van der Waals surface area contributed by atoms with E-state index in [4.69, 9.17) is 4.74 Å². The summed E-state index contributed by atoms with van der Waals surface area (Å²) in [5.41, 5.74) is 1.61. The van der Waals surface area contributed by atoms with Gasteiger partial charge < -0.3 is 14.6 Å². The molecular weight excluding hydrogens is 466 g/mol. The van der Waals surface area contributed by atoms with Crippen molar-refractivity contribution in [1.29, 1.82) is 0 Å². The van der Waals surface area contributed by atoms with Gasteiger partial charge in [0.25, 0.3) is 11.5 Å². The Morgan fingerprint density at radius 2 is 1.77 bits per heavy atom. The van der Waals surface area contributed by atoms with Crippen LogP contribution in [0.4, 0.5) is 5.69 Å². The van der Waals surface area contributed by atoms with Crippen molar-refractivity contribution in [3.8, 4) is 5.75 Å². The molecule has 3 aromatic rings. The lowest BCUT2D eigenvalue weighted by Gasteiger charge is -2.28. The molecule has 1 fully saturated rings. The van der Waals surface area contributed by atoms with E-state index in [1.54, 1.807) is 47.0 Å².